The van der Waals surface area contributed by atoms with E-state index in [0.29, 0.717) is 5.56 Å². The van der Waals surface area contributed by atoms with Crippen molar-refractivity contribution in [3.8, 4) is 22.6 Å². The van der Waals surface area contributed by atoms with Gasteiger partial charge in [0.15, 0.2) is 11.6 Å². The van der Waals surface area contributed by atoms with E-state index in [1.807, 2.05) is 0 Å². The third kappa shape index (κ3) is 2.24. The van der Waals surface area contributed by atoms with E-state index < -0.39 is 11.6 Å². The molecule has 0 bridgehead atoms. The Morgan fingerprint density at radius 1 is 1.11 bits per heavy atom. The number of ether oxygens (including phenoxy) is 1. The van der Waals surface area contributed by atoms with Crippen LogP contribution in [0.3, 0.4) is 0 Å². The minimum absolute atomic E-state index is 0.0893. The largest absolute Gasteiger partial charge is 0.507 e. The maximum absolute atomic E-state index is 13.5. The van der Waals surface area contributed by atoms with Crippen LogP contribution in [0.25, 0.3) is 11.1 Å². The Balaban J connectivity index is 2.55. The molecule has 0 radical (unpaired) electrons. The molecule has 0 saturated carbocycles. The molecule has 0 saturated heterocycles. The fraction of sp³-hybridized carbons (Fsp3) is 0.0769. The lowest BCUT2D eigenvalue weighted by molar-refractivity contribution is 0.386. The third-order valence-corrected chi connectivity index (χ3v) is 2.79. The van der Waals surface area contributed by atoms with Gasteiger partial charge >= 0.3 is 0 Å². The van der Waals surface area contributed by atoms with Gasteiger partial charge in [-0.25, -0.2) is 8.78 Å². The minimum Gasteiger partial charge on any atom is -0.507 e. The van der Waals surface area contributed by atoms with E-state index in [0.717, 1.165) is 6.07 Å². The lowest BCUT2D eigenvalue weighted by Crippen LogP contribution is -1.89. The number of methoxy groups -OCH3 is 1. The van der Waals surface area contributed by atoms with Gasteiger partial charge in [-0.15, -0.1) is 0 Å². The van der Waals surface area contributed by atoms with E-state index in [9.17, 15) is 13.9 Å². The molecule has 0 fully saturated rings. The monoisotopic (exact) mass is 270 g/mol. The summed E-state index contributed by atoms with van der Waals surface area (Å²) in [5.74, 6) is -1.52. The predicted molar refractivity (Wildman–Crippen MR) is 65.0 cm³/mol. The SMILES string of the molecule is COc1ccc(-c2cc(Cl)c(F)cc2O)cc1F. The molecule has 2 aromatic carbocycles. The molecule has 0 amide bonds. The van der Waals surface area contributed by atoms with Crippen LogP contribution in [0.4, 0.5) is 8.78 Å². The normalized spacial score (nSPS) is 10.4. The van der Waals surface area contributed by atoms with Crippen molar-refractivity contribution in [2.75, 3.05) is 7.11 Å². The molecule has 0 unspecified atom stereocenters. The smallest absolute Gasteiger partial charge is 0.165 e. The zero-order valence-corrected chi connectivity index (χ0v) is 10.1. The first-order valence-electron chi connectivity index (χ1n) is 5.05. The van der Waals surface area contributed by atoms with Gasteiger partial charge < -0.3 is 9.84 Å². The van der Waals surface area contributed by atoms with Crippen LogP contribution in [0.5, 0.6) is 11.5 Å². The average molecular weight is 271 g/mol. The standard InChI is InChI=1S/C13H9ClF2O2/c1-18-13-3-2-7(4-11(13)16)8-5-9(14)10(15)6-12(8)17/h2-6,17H,1H3. The Bertz CT molecular complexity index is 600. The number of hydrogen-bond donors (Lipinski definition) is 1. The number of aromatic hydroxyl groups is 1. The Morgan fingerprint density at radius 3 is 2.44 bits per heavy atom. The molecule has 0 spiro atoms. The summed E-state index contributed by atoms with van der Waals surface area (Å²) >= 11 is 5.63. The van der Waals surface area contributed by atoms with Gasteiger partial charge in [0.05, 0.1) is 12.1 Å². The Hall–Kier alpha value is -1.81. The maximum atomic E-state index is 13.5. The summed E-state index contributed by atoms with van der Waals surface area (Å²) in [7, 11) is 1.35. The van der Waals surface area contributed by atoms with Gasteiger partial charge in [0.1, 0.15) is 11.6 Å². The highest BCUT2D eigenvalue weighted by atomic mass is 35.5. The molecule has 94 valence electrons. The van der Waals surface area contributed by atoms with Crippen LogP contribution in [0.15, 0.2) is 30.3 Å². The average Bonchev–Trinajstić information content (AvgIpc) is 2.33. The maximum Gasteiger partial charge on any atom is 0.165 e. The van der Waals surface area contributed by atoms with Crippen molar-refractivity contribution in [2.24, 2.45) is 0 Å². The highest BCUT2D eigenvalue weighted by Gasteiger charge is 2.12. The molecule has 0 aliphatic rings. The third-order valence-electron chi connectivity index (χ3n) is 2.50. The fourth-order valence-electron chi connectivity index (χ4n) is 1.60. The molecule has 0 heterocycles. The molecule has 2 rings (SSSR count). The quantitative estimate of drug-likeness (QED) is 0.894. The number of phenolic OH excluding ortho intramolecular Hbond substituents is 1. The molecule has 0 aliphatic carbocycles. The van der Waals surface area contributed by atoms with E-state index in [2.05, 4.69) is 0 Å². The zero-order chi connectivity index (χ0) is 13.3. The van der Waals surface area contributed by atoms with Crippen LogP contribution < -0.4 is 4.74 Å². The number of phenols is 1. The summed E-state index contributed by atoms with van der Waals surface area (Å²) in [5.41, 5.74) is 0.635. The van der Waals surface area contributed by atoms with Crippen LogP contribution in [0.2, 0.25) is 5.02 Å². The molecule has 2 nitrogen and oxygen atoms in total. The van der Waals surface area contributed by atoms with Gasteiger partial charge in [-0.3, -0.25) is 0 Å². The summed E-state index contributed by atoms with van der Waals surface area (Å²) in [4.78, 5) is 0. The van der Waals surface area contributed by atoms with Gasteiger partial charge in [-0.1, -0.05) is 17.7 Å². The summed E-state index contributed by atoms with van der Waals surface area (Å²) in [6.07, 6.45) is 0. The molecule has 2 aromatic rings. The van der Waals surface area contributed by atoms with E-state index in [-0.39, 0.29) is 22.1 Å². The molecule has 0 aromatic heterocycles. The second-order valence-electron chi connectivity index (χ2n) is 3.63. The predicted octanol–water partition coefficient (Wildman–Crippen LogP) is 4.00. The van der Waals surface area contributed by atoms with Gasteiger partial charge in [0, 0.05) is 11.6 Å². The van der Waals surface area contributed by atoms with Crippen LogP contribution in [0, 0.1) is 11.6 Å². The number of halogens is 3. The molecule has 5 heteroatoms. The fourth-order valence-corrected chi connectivity index (χ4v) is 1.77. The van der Waals surface area contributed by atoms with Crippen molar-refractivity contribution in [1.82, 2.24) is 0 Å². The number of benzene rings is 2. The van der Waals surface area contributed by atoms with Crippen LogP contribution >= 0.6 is 11.6 Å². The van der Waals surface area contributed by atoms with Crippen molar-refractivity contribution in [1.29, 1.82) is 0 Å². The van der Waals surface area contributed by atoms with E-state index in [4.69, 9.17) is 16.3 Å². The first-order chi connectivity index (χ1) is 8.52. The van der Waals surface area contributed by atoms with Crippen molar-refractivity contribution >= 4 is 11.6 Å². The summed E-state index contributed by atoms with van der Waals surface area (Å²) in [6, 6.07) is 6.28. The highest BCUT2D eigenvalue weighted by molar-refractivity contribution is 6.31. The molecular weight excluding hydrogens is 262 g/mol. The van der Waals surface area contributed by atoms with Gasteiger partial charge in [-0.2, -0.15) is 0 Å². The second-order valence-corrected chi connectivity index (χ2v) is 4.04. The molecule has 18 heavy (non-hydrogen) atoms. The van der Waals surface area contributed by atoms with Crippen molar-refractivity contribution in [3.05, 3.63) is 47.0 Å². The van der Waals surface area contributed by atoms with Crippen molar-refractivity contribution in [2.45, 2.75) is 0 Å². The Labute approximate surface area is 107 Å². The van der Waals surface area contributed by atoms with E-state index in [1.165, 1.54) is 25.3 Å². The summed E-state index contributed by atoms with van der Waals surface area (Å²) < 4.78 is 31.4. The summed E-state index contributed by atoms with van der Waals surface area (Å²) in [5, 5.41) is 9.49. The molecule has 0 aliphatic heterocycles. The van der Waals surface area contributed by atoms with Crippen LogP contribution in [0.1, 0.15) is 0 Å². The Kier molecular flexibility index (Phi) is 3.39. The summed E-state index contributed by atoms with van der Waals surface area (Å²) in [6.45, 7) is 0. The van der Waals surface area contributed by atoms with Crippen molar-refractivity contribution < 1.29 is 18.6 Å². The zero-order valence-electron chi connectivity index (χ0n) is 9.38. The molecule has 0 atom stereocenters. The van der Waals surface area contributed by atoms with E-state index in [1.54, 1.807) is 6.07 Å². The first kappa shape index (κ1) is 12.6. The highest BCUT2D eigenvalue weighted by Crippen LogP contribution is 2.35. The molecular formula is C13H9ClF2O2. The number of rotatable bonds is 2. The van der Waals surface area contributed by atoms with Crippen LogP contribution in [-0.4, -0.2) is 12.2 Å². The minimum atomic E-state index is -0.730. The first-order valence-corrected chi connectivity index (χ1v) is 5.42. The van der Waals surface area contributed by atoms with Crippen LogP contribution in [-0.2, 0) is 0 Å². The Morgan fingerprint density at radius 2 is 1.83 bits per heavy atom. The van der Waals surface area contributed by atoms with Gasteiger partial charge in [0.2, 0.25) is 0 Å². The number of hydrogen-bond acceptors (Lipinski definition) is 2. The second kappa shape index (κ2) is 4.82. The van der Waals surface area contributed by atoms with Gasteiger partial charge in [0.25, 0.3) is 0 Å². The lowest BCUT2D eigenvalue weighted by Gasteiger charge is -2.08. The lowest BCUT2D eigenvalue weighted by atomic mass is 10.0. The topological polar surface area (TPSA) is 29.5 Å². The van der Waals surface area contributed by atoms with Gasteiger partial charge in [-0.05, 0) is 23.8 Å². The molecule has 1 N–H and O–H groups in total. The van der Waals surface area contributed by atoms with E-state index >= 15 is 0 Å². The van der Waals surface area contributed by atoms with Crippen molar-refractivity contribution in [3.63, 3.8) is 0 Å².